The van der Waals surface area contributed by atoms with Crippen LogP contribution >= 0.6 is 0 Å². The molecule has 4 heteroatoms. The molecule has 0 aliphatic rings. The van der Waals surface area contributed by atoms with Crippen molar-refractivity contribution in [2.45, 2.75) is 76.0 Å². The normalized spacial score (nSPS) is 12.3. The zero-order chi connectivity index (χ0) is 16.0. The van der Waals surface area contributed by atoms with Crippen LogP contribution in [0, 0.1) is 0 Å². The fourth-order valence-corrected chi connectivity index (χ4v) is 2.85. The summed E-state index contributed by atoms with van der Waals surface area (Å²) >= 11 is -2.19. The quantitative estimate of drug-likeness (QED) is 0.369. The Labute approximate surface area is 137 Å². The van der Waals surface area contributed by atoms with Gasteiger partial charge in [0.1, 0.15) is 5.75 Å². The van der Waals surface area contributed by atoms with E-state index in [1.165, 1.54) is 57.8 Å². The first kappa shape index (κ1) is 19.2. The van der Waals surface area contributed by atoms with Crippen LogP contribution in [-0.2, 0) is 11.1 Å². The molecule has 0 fully saturated rings. The van der Waals surface area contributed by atoms with Gasteiger partial charge in [-0.15, -0.1) is 0 Å². The van der Waals surface area contributed by atoms with Crippen LogP contribution in [0.1, 0.15) is 71.1 Å². The molecule has 3 nitrogen and oxygen atoms in total. The summed E-state index contributed by atoms with van der Waals surface area (Å²) in [4.78, 5) is 0.278. The van der Waals surface area contributed by atoms with Crippen molar-refractivity contribution in [3.63, 3.8) is 0 Å². The van der Waals surface area contributed by atoms with Gasteiger partial charge in [0.05, 0.1) is 6.61 Å². The molecule has 1 aromatic carbocycles. The van der Waals surface area contributed by atoms with Gasteiger partial charge in [-0.05, 0) is 35.7 Å². The second-order valence-corrected chi connectivity index (χ2v) is 6.68. The molecule has 0 amide bonds. The average molecular weight is 325 g/mol. The Kier molecular flexibility index (Phi) is 11.0. The molecule has 1 atom stereocenters. The highest BCUT2D eigenvalue weighted by Gasteiger charge is 1.98. The molecule has 0 spiro atoms. The maximum atomic E-state index is 10.9. The highest BCUT2D eigenvalue weighted by molar-refractivity contribution is 7.79. The van der Waals surface area contributed by atoms with E-state index >= 15 is 0 Å². The summed E-state index contributed by atoms with van der Waals surface area (Å²) in [5.74, 6) is 0.637. The summed E-state index contributed by atoms with van der Waals surface area (Å²) in [5.41, 5.74) is 0. The van der Waals surface area contributed by atoms with E-state index in [0.29, 0.717) is 12.4 Å². The molecule has 22 heavy (non-hydrogen) atoms. The maximum absolute atomic E-state index is 10.9. The summed E-state index contributed by atoms with van der Waals surface area (Å²) in [6, 6.07) is 6.64. The van der Waals surface area contributed by atoms with Crippen molar-refractivity contribution in [2.75, 3.05) is 6.61 Å². The van der Waals surface area contributed by atoms with Crippen LogP contribution in [0.15, 0.2) is 29.2 Å². The Morgan fingerprint density at radius 1 is 0.955 bits per heavy atom. The molecular weight excluding hydrogens is 296 g/mol. The standard InChI is InChI=1S/C18H30O3S/c1-2-3-4-5-6-7-8-9-10-11-15-21-17-13-12-14-18(16-17)22(19)20/h12-14,16H,2-11,15H2,1H3,(H,19,20)/p-1. The maximum Gasteiger partial charge on any atom is 0.120 e. The fraction of sp³-hybridized carbons (Fsp3) is 0.667. The zero-order valence-electron chi connectivity index (χ0n) is 13.7. The summed E-state index contributed by atoms with van der Waals surface area (Å²) in [7, 11) is 0. The first-order valence-corrected chi connectivity index (χ1v) is 9.63. The van der Waals surface area contributed by atoms with Gasteiger partial charge >= 0.3 is 0 Å². The van der Waals surface area contributed by atoms with E-state index in [2.05, 4.69) is 6.92 Å². The lowest BCUT2D eigenvalue weighted by Gasteiger charge is -2.09. The third kappa shape index (κ3) is 9.21. The Morgan fingerprint density at radius 2 is 1.55 bits per heavy atom. The molecule has 0 aliphatic carbocycles. The lowest BCUT2D eigenvalue weighted by atomic mass is 10.1. The van der Waals surface area contributed by atoms with Gasteiger partial charge in [-0.3, -0.25) is 4.21 Å². The smallest absolute Gasteiger partial charge is 0.120 e. The van der Waals surface area contributed by atoms with Crippen LogP contribution in [0.5, 0.6) is 5.75 Å². The van der Waals surface area contributed by atoms with Crippen molar-refractivity contribution in [2.24, 2.45) is 0 Å². The second-order valence-electron chi connectivity index (χ2n) is 5.74. The van der Waals surface area contributed by atoms with E-state index < -0.39 is 11.1 Å². The lowest BCUT2D eigenvalue weighted by Crippen LogP contribution is -1.98. The first-order chi connectivity index (χ1) is 10.7. The molecule has 0 radical (unpaired) electrons. The number of rotatable bonds is 13. The van der Waals surface area contributed by atoms with E-state index in [4.69, 9.17) is 4.74 Å². The minimum atomic E-state index is -2.19. The predicted molar refractivity (Wildman–Crippen MR) is 91.0 cm³/mol. The Balaban J connectivity index is 1.97. The largest absolute Gasteiger partial charge is 0.768 e. The molecule has 0 bridgehead atoms. The molecule has 0 N–H and O–H groups in total. The van der Waals surface area contributed by atoms with Crippen molar-refractivity contribution in [1.82, 2.24) is 0 Å². The molecule has 1 rings (SSSR count). The van der Waals surface area contributed by atoms with Crippen molar-refractivity contribution in [3.8, 4) is 5.75 Å². The number of ether oxygens (including phenoxy) is 1. The zero-order valence-corrected chi connectivity index (χ0v) is 14.5. The van der Waals surface area contributed by atoms with E-state index in [0.717, 1.165) is 6.42 Å². The summed E-state index contributed by atoms with van der Waals surface area (Å²) in [5, 5.41) is 0. The molecular formula is C18H29O3S-. The third-order valence-corrected chi connectivity index (χ3v) is 4.40. The average Bonchev–Trinajstić information content (AvgIpc) is 2.53. The molecule has 0 saturated heterocycles. The van der Waals surface area contributed by atoms with E-state index in [-0.39, 0.29) is 4.90 Å². The number of hydrogen-bond acceptors (Lipinski definition) is 3. The van der Waals surface area contributed by atoms with Gasteiger partial charge in [0.25, 0.3) is 0 Å². The van der Waals surface area contributed by atoms with Crippen molar-refractivity contribution in [1.29, 1.82) is 0 Å². The molecule has 0 heterocycles. The molecule has 1 aromatic rings. The Morgan fingerprint density at radius 3 is 2.14 bits per heavy atom. The topological polar surface area (TPSA) is 49.4 Å². The molecule has 0 saturated carbocycles. The van der Waals surface area contributed by atoms with Gasteiger partial charge in [0.2, 0.25) is 0 Å². The monoisotopic (exact) mass is 325 g/mol. The summed E-state index contributed by atoms with van der Waals surface area (Å²) < 4.78 is 27.3. The lowest BCUT2D eigenvalue weighted by molar-refractivity contribution is 0.303. The van der Waals surface area contributed by atoms with Gasteiger partial charge in [0.15, 0.2) is 0 Å². The van der Waals surface area contributed by atoms with E-state index in [1.54, 1.807) is 24.3 Å². The third-order valence-electron chi connectivity index (χ3n) is 3.76. The van der Waals surface area contributed by atoms with Gasteiger partial charge in [0, 0.05) is 4.90 Å². The number of hydrogen-bond donors (Lipinski definition) is 0. The van der Waals surface area contributed by atoms with Crippen molar-refractivity contribution < 1.29 is 13.5 Å². The van der Waals surface area contributed by atoms with Crippen LogP contribution in [0.25, 0.3) is 0 Å². The fourth-order valence-electron chi connectivity index (χ4n) is 2.45. The highest BCUT2D eigenvalue weighted by Crippen LogP contribution is 2.16. The van der Waals surface area contributed by atoms with Crippen LogP contribution in [0.2, 0.25) is 0 Å². The molecule has 0 aromatic heterocycles. The highest BCUT2D eigenvalue weighted by atomic mass is 32.2. The summed E-state index contributed by atoms with van der Waals surface area (Å²) in [6.07, 6.45) is 13.0. The van der Waals surface area contributed by atoms with Crippen LogP contribution in [0.4, 0.5) is 0 Å². The van der Waals surface area contributed by atoms with E-state index in [9.17, 15) is 8.76 Å². The van der Waals surface area contributed by atoms with Gasteiger partial charge in [-0.25, -0.2) is 0 Å². The van der Waals surface area contributed by atoms with Crippen LogP contribution in [0.3, 0.4) is 0 Å². The molecule has 0 aliphatic heterocycles. The second kappa shape index (κ2) is 12.7. The van der Waals surface area contributed by atoms with E-state index in [1.807, 2.05) is 0 Å². The van der Waals surface area contributed by atoms with Gasteiger partial charge in [-0.2, -0.15) is 0 Å². The first-order valence-electron chi connectivity index (χ1n) is 8.56. The van der Waals surface area contributed by atoms with Gasteiger partial charge < -0.3 is 9.29 Å². The molecule has 126 valence electrons. The van der Waals surface area contributed by atoms with Crippen LogP contribution < -0.4 is 4.74 Å². The minimum absolute atomic E-state index is 0.278. The van der Waals surface area contributed by atoms with Gasteiger partial charge in [-0.1, -0.05) is 70.8 Å². The summed E-state index contributed by atoms with van der Waals surface area (Å²) in [6.45, 7) is 2.91. The van der Waals surface area contributed by atoms with Crippen LogP contribution in [-0.4, -0.2) is 15.4 Å². The number of benzene rings is 1. The Bertz CT molecular complexity index is 421. The van der Waals surface area contributed by atoms with Crippen molar-refractivity contribution >= 4 is 11.1 Å². The molecule has 1 unspecified atom stereocenters. The number of unbranched alkanes of at least 4 members (excludes halogenated alkanes) is 9. The SMILES string of the molecule is CCCCCCCCCCCCOc1cccc(S(=O)[O-])c1. The van der Waals surface area contributed by atoms with Crippen molar-refractivity contribution in [3.05, 3.63) is 24.3 Å². The predicted octanol–water partition coefficient (Wildman–Crippen LogP) is 5.22. The minimum Gasteiger partial charge on any atom is -0.768 e. The Hall–Kier alpha value is -0.870.